The zero-order valence-corrected chi connectivity index (χ0v) is 13.9. The van der Waals surface area contributed by atoms with E-state index in [1.807, 2.05) is 0 Å². The molecule has 0 radical (unpaired) electrons. The fourth-order valence-electron chi connectivity index (χ4n) is 2.20. The molecule has 2 aliphatic rings. The number of carbonyl (C=O) groups excluding carboxylic acids is 3. The zero-order valence-electron chi connectivity index (χ0n) is 11.5. The molecule has 0 saturated carbocycles. The Morgan fingerprint density at radius 2 is 2.18 bits per heavy atom. The zero-order chi connectivity index (χ0) is 16.4. The Morgan fingerprint density at radius 1 is 1.50 bits per heavy atom. The number of halogens is 1. The van der Waals surface area contributed by atoms with Crippen LogP contribution in [-0.4, -0.2) is 62.9 Å². The predicted molar refractivity (Wildman–Crippen MR) is 80.1 cm³/mol. The van der Waals surface area contributed by atoms with Gasteiger partial charge in [0, 0.05) is 18.2 Å². The van der Waals surface area contributed by atoms with Gasteiger partial charge in [0.1, 0.15) is 23.7 Å². The summed E-state index contributed by atoms with van der Waals surface area (Å²) in [7, 11) is 0. The number of rotatable bonds is 5. The topological polar surface area (TPSA) is 113 Å². The fourth-order valence-corrected chi connectivity index (χ4v) is 3.68. The van der Waals surface area contributed by atoms with Crippen molar-refractivity contribution in [3.8, 4) is 0 Å². The Morgan fingerprint density at radius 3 is 2.73 bits per heavy atom. The number of amides is 2. The van der Waals surface area contributed by atoms with E-state index in [4.69, 9.17) is 4.74 Å². The highest BCUT2D eigenvalue weighted by Gasteiger charge is 2.54. The molecule has 8 nitrogen and oxygen atoms in total. The van der Waals surface area contributed by atoms with E-state index in [-0.39, 0.29) is 23.5 Å². The number of β-lactam (4-membered cyclic amide) rings is 1. The molecule has 0 aromatic rings. The van der Waals surface area contributed by atoms with E-state index >= 15 is 0 Å². The maximum Gasteiger partial charge on any atom is 0.352 e. The van der Waals surface area contributed by atoms with E-state index < -0.39 is 29.3 Å². The number of carboxylic acid groups (broad SMARTS) is 1. The molecule has 0 aromatic heterocycles. The Labute approximate surface area is 138 Å². The lowest BCUT2D eigenvalue weighted by atomic mass is 10.0. The molecule has 2 heterocycles. The third-order valence-electron chi connectivity index (χ3n) is 3.14. The number of thioether (sulfide) groups is 1. The van der Waals surface area contributed by atoms with E-state index in [1.165, 1.54) is 18.7 Å². The number of hydrogen-bond donors (Lipinski definition) is 2. The number of esters is 1. The van der Waals surface area contributed by atoms with Gasteiger partial charge in [-0.25, -0.2) is 4.79 Å². The summed E-state index contributed by atoms with van der Waals surface area (Å²) in [5, 5.41) is 11.5. The van der Waals surface area contributed by atoms with Gasteiger partial charge in [-0.05, 0) is 0 Å². The van der Waals surface area contributed by atoms with Crippen molar-refractivity contribution in [1.29, 1.82) is 0 Å². The molecule has 2 amide bonds. The van der Waals surface area contributed by atoms with Gasteiger partial charge in [0.05, 0.1) is 5.33 Å². The number of carbonyl (C=O) groups is 4. The van der Waals surface area contributed by atoms with Crippen molar-refractivity contribution in [1.82, 2.24) is 10.2 Å². The summed E-state index contributed by atoms with van der Waals surface area (Å²) < 4.78 is 4.83. The molecule has 0 spiro atoms. The van der Waals surface area contributed by atoms with Crippen LogP contribution in [0.2, 0.25) is 0 Å². The largest absolute Gasteiger partial charge is 0.477 e. The number of nitrogens with zero attached hydrogens (tertiary/aromatic N) is 1. The molecule has 2 aliphatic heterocycles. The minimum atomic E-state index is -1.26. The molecule has 0 aromatic carbocycles. The average Bonchev–Trinajstić information content (AvgIpc) is 2.48. The molecule has 1 saturated heterocycles. The third kappa shape index (κ3) is 3.12. The first-order valence-corrected chi connectivity index (χ1v) is 8.42. The summed E-state index contributed by atoms with van der Waals surface area (Å²) in [6, 6.07) is -0.736. The molecule has 0 aliphatic carbocycles. The van der Waals surface area contributed by atoms with Crippen LogP contribution < -0.4 is 5.32 Å². The fraction of sp³-hybridized carbons (Fsp3) is 0.500. The summed E-state index contributed by atoms with van der Waals surface area (Å²) in [4.78, 5) is 46.9. The van der Waals surface area contributed by atoms with Crippen molar-refractivity contribution in [3.05, 3.63) is 11.3 Å². The summed E-state index contributed by atoms with van der Waals surface area (Å²) in [5.74, 6) is -2.30. The van der Waals surface area contributed by atoms with Crippen LogP contribution in [-0.2, 0) is 23.9 Å². The van der Waals surface area contributed by atoms with Gasteiger partial charge in [-0.15, -0.1) is 11.8 Å². The van der Waals surface area contributed by atoms with Crippen LogP contribution in [0.1, 0.15) is 6.92 Å². The number of fused-ring (bicyclic) bond motifs is 1. The molecule has 2 rings (SSSR count). The second kappa shape index (κ2) is 6.69. The lowest BCUT2D eigenvalue weighted by Crippen LogP contribution is -2.70. The van der Waals surface area contributed by atoms with E-state index in [0.717, 1.165) is 4.90 Å². The quantitative estimate of drug-likeness (QED) is 0.374. The second-order valence-electron chi connectivity index (χ2n) is 4.63. The first-order chi connectivity index (χ1) is 10.4. The summed E-state index contributed by atoms with van der Waals surface area (Å²) in [5.41, 5.74) is 0.196. The lowest BCUT2D eigenvalue weighted by Gasteiger charge is -2.49. The predicted octanol–water partition coefficient (Wildman–Crippen LogP) is -0.317. The molecule has 10 heteroatoms. The first kappa shape index (κ1) is 16.8. The Hall–Kier alpha value is -1.55. The van der Waals surface area contributed by atoms with E-state index in [2.05, 4.69) is 21.2 Å². The summed E-state index contributed by atoms with van der Waals surface area (Å²) in [6.07, 6.45) is 0. The molecular weight excluding hydrogens is 380 g/mol. The molecule has 2 N–H and O–H groups in total. The van der Waals surface area contributed by atoms with Crippen molar-refractivity contribution in [2.75, 3.05) is 17.7 Å². The number of nitrogens with one attached hydrogen (secondary N) is 1. The van der Waals surface area contributed by atoms with Gasteiger partial charge in [-0.2, -0.15) is 0 Å². The molecule has 22 heavy (non-hydrogen) atoms. The molecule has 0 bridgehead atoms. The molecule has 0 unspecified atom stereocenters. The number of alkyl halides is 1. The highest BCUT2D eigenvalue weighted by molar-refractivity contribution is 9.09. The maximum atomic E-state index is 12.1. The monoisotopic (exact) mass is 392 g/mol. The van der Waals surface area contributed by atoms with Gasteiger partial charge in [-0.1, -0.05) is 15.9 Å². The van der Waals surface area contributed by atoms with Crippen LogP contribution in [0, 0.1) is 0 Å². The second-order valence-corrected chi connectivity index (χ2v) is 6.29. The van der Waals surface area contributed by atoms with Crippen LogP contribution in [0.15, 0.2) is 11.3 Å². The van der Waals surface area contributed by atoms with Crippen LogP contribution in [0.4, 0.5) is 0 Å². The third-order valence-corrected chi connectivity index (χ3v) is 4.99. The van der Waals surface area contributed by atoms with Crippen LogP contribution in [0.25, 0.3) is 0 Å². The number of aliphatic carboxylic acids is 1. The highest BCUT2D eigenvalue weighted by atomic mass is 79.9. The van der Waals surface area contributed by atoms with Gasteiger partial charge in [0.2, 0.25) is 5.91 Å². The minimum absolute atomic E-state index is 0.0630. The van der Waals surface area contributed by atoms with Gasteiger partial charge >= 0.3 is 11.9 Å². The van der Waals surface area contributed by atoms with Gasteiger partial charge in [0.15, 0.2) is 0 Å². The first-order valence-electron chi connectivity index (χ1n) is 6.25. The Bertz CT molecular complexity index is 578. The smallest absolute Gasteiger partial charge is 0.352 e. The van der Waals surface area contributed by atoms with E-state index in [0.29, 0.717) is 11.3 Å². The molecule has 2 atom stereocenters. The van der Waals surface area contributed by atoms with Gasteiger partial charge < -0.3 is 15.2 Å². The van der Waals surface area contributed by atoms with Crippen LogP contribution in [0.5, 0.6) is 0 Å². The average molecular weight is 393 g/mol. The van der Waals surface area contributed by atoms with Crippen molar-refractivity contribution in [2.24, 2.45) is 0 Å². The standard InChI is InChI=1S/C12H13BrN2O6S/c1-5(16)21-3-6-4-22-11-8(14-7(17)2-13)10(18)15(11)9(6)12(19)20/h8,11H,2-4H2,1H3,(H,14,17)(H,19,20)/t8-,11+/m1/s1. The summed E-state index contributed by atoms with van der Waals surface area (Å²) >= 11 is 4.31. The van der Waals surface area contributed by atoms with Crippen molar-refractivity contribution in [2.45, 2.75) is 18.3 Å². The normalized spacial score (nSPS) is 23.5. The SMILES string of the molecule is CC(=O)OCC1=C(C(=O)O)N2C(=O)[C@@H](NC(=O)CBr)[C@@H]2SC1. The Balaban J connectivity index is 2.19. The minimum Gasteiger partial charge on any atom is -0.477 e. The van der Waals surface area contributed by atoms with Crippen molar-refractivity contribution in [3.63, 3.8) is 0 Å². The van der Waals surface area contributed by atoms with E-state index in [9.17, 15) is 24.3 Å². The summed E-state index contributed by atoms with van der Waals surface area (Å²) in [6.45, 7) is 1.05. The van der Waals surface area contributed by atoms with Crippen LogP contribution >= 0.6 is 27.7 Å². The van der Waals surface area contributed by atoms with Gasteiger partial charge in [-0.3, -0.25) is 19.3 Å². The molecule has 120 valence electrons. The number of hydrogen-bond acceptors (Lipinski definition) is 6. The molecular formula is C12H13BrN2O6S. The lowest BCUT2D eigenvalue weighted by molar-refractivity contribution is -0.150. The number of ether oxygens (including phenoxy) is 1. The number of carboxylic acids is 1. The molecule has 1 fully saturated rings. The van der Waals surface area contributed by atoms with Crippen molar-refractivity contribution < 1.29 is 29.0 Å². The Kier molecular flexibility index (Phi) is 5.12. The maximum absolute atomic E-state index is 12.1. The van der Waals surface area contributed by atoms with Crippen LogP contribution in [0.3, 0.4) is 0 Å². The highest BCUT2D eigenvalue weighted by Crippen LogP contribution is 2.40. The van der Waals surface area contributed by atoms with E-state index in [1.54, 1.807) is 0 Å². The van der Waals surface area contributed by atoms with Gasteiger partial charge in [0.25, 0.3) is 5.91 Å². The van der Waals surface area contributed by atoms with Crippen molar-refractivity contribution >= 4 is 51.4 Å².